The zero-order chi connectivity index (χ0) is 6.85. The highest BCUT2D eigenvalue weighted by Crippen LogP contribution is 2.02. The third kappa shape index (κ3) is 1.41. The first kappa shape index (κ1) is 6.53. The number of halogens is 1. The van der Waals surface area contributed by atoms with E-state index in [-0.39, 0.29) is 5.69 Å². The van der Waals surface area contributed by atoms with Gasteiger partial charge in [0.05, 0.1) is 0 Å². The smallest absolute Gasteiger partial charge is 0.270 e. The maximum atomic E-state index is 10.3. The number of carbonyl (C=O) groups excluding carboxylic acids is 1. The molecule has 0 fully saturated rings. The summed E-state index contributed by atoms with van der Waals surface area (Å²) >= 11 is 1.85. The molecule has 1 rings (SSSR count). The number of amides is 1. The molecule has 0 saturated heterocycles. The van der Waals surface area contributed by atoms with E-state index in [1.54, 1.807) is 0 Å². The maximum Gasteiger partial charge on any atom is 0.270 e. The number of nitrogens with two attached hydrogens (primary N) is 1. The highest BCUT2D eigenvalue weighted by molar-refractivity contribution is 14.1. The van der Waals surface area contributed by atoms with Gasteiger partial charge in [-0.1, -0.05) is 0 Å². The molecule has 48 valence electrons. The summed E-state index contributed by atoms with van der Waals surface area (Å²) in [4.78, 5) is 14.0. The Balaban J connectivity index is 2.98. The van der Waals surface area contributed by atoms with Gasteiger partial charge in [0.15, 0.2) is 5.69 Å². The summed E-state index contributed by atoms with van der Waals surface area (Å²) in [6, 6.07) is 0. The number of nitrogens with zero attached hydrogens (tertiary/aromatic N) is 1. The Morgan fingerprint density at radius 2 is 2.56 bits per heavy atom. The SMILES string of the molecule is NC(=O)c1coc(I)n1. The third-order valence-electron chi connectivity index (χ3n) is 0.729. The van der Waals surface area contributed by atoms with Crippen LogP contribution in [0, 0.1) is 3.90 Å². The molecule has 0 radical (unpaired) electrons. The number of hydrogen-bond acceptors (Lipinski definition) is 3. The van der Waals surface area contributed by atoms with Crippen LogP contribution >= 0.6 is 22.6 Å². The number of primary amides is 1. The Kier molecular flexibility index (Phi) is 1.70. The van der Waals surface area contributed by atoms with E-state index >= 15 is 0 Å². The molecule has 1 heterocycles. The van der Waals surface area contributed by atoms with E-state index in [1.807, 2.05) is 22.6 Å². The normalized spacial score (nSPS) is 9.44. The molecule has 4 nitrogen and oxygen atoms in total. The van der Waals surface area contributed by atoms with Crippen LogP contribution in [-0.4, -0.2) is 10.9 Å². The predicted molar refractivity (Wildman–Crippen MR) is 37.7 cm³/mol. The van der Waals surface area contributed by atoms with Crippen LogP contribution in [0.1, 0.15) is 10.5 Å². The van der Waals surface area contributed by atoms with E-state index in [4.69, 9.17) is 10.2 Å². The Morgan fingerprint density at radius 1 is 1.89 bits per heavy atom. The van der Waals surface area contributed by atoms with Gasteiger partial charge in [-0.05, 0) is 0 Å². The lowest BCUT2D eigenvalue weighted by atomic mass is 10.5. The molecule has 2 N–H and O–H groups in total. The topological polar surface area (TPSA) is 69.1 Å². The highest BCUT2D eigenvalue weighted by atomic mass is 127. The fourth-order valence-electron chi connectivity index (χ4n) is 0.365. The van der Waals surface area contributed by atoms with Crippen molar-refractivity contribution in [3.63, 3.8) is 0 Å². The van der Waals surface area contributed by atoms with Crippen molar-refractivity contribution in [3.05, 3.63) is 15.9 Å². The lowest BCUT2D eigenvalue weighted by Gasteiger charge is -1.77. The minimum absolute atomic E-state index is 0.166. The van der Waals surface area contributed by atoms with Crippen LogP contribution in [0.2, 0.25) is 0 Å². The van der Waals surface area contributed by atoms with Gasteiger partial charge in [-0.15, -0.1) is 0 Å². The molecule has 0 aliphatic rings. The molecule has 0 unspecified atom stereocenters. The molecule has 1 aromatic rings. The Bertz CT molecular complexity index is 232. The quantitative estimate of drug-likeness (QED) is 0.719. The molecule has 9 heavy (non-hydrogen) atoms. The summed E-state index contributed by atoms with van der Waals surface area (Å²) in [6.45, 7) is 0. The van der Waals surface area contributed by atoms with Gasteiger partial charge in [-0.3, -0.25) is 4.79 Å². The molecule has 0 atom stereocenters. The molecule has 1 aromatic heterocycles. The van der Waals surface area contributed by atoms with Gasteiger partial charge in [-0.2, -0.15) is 4.98 Å². The summed E-state index contributed by atoms with van der Waals surface area (Å²) in [5.41, 5.74) is 5.03. The van der Waals surface area contributed by atoms with Crippen LogP contribution in [-0.2, 0) is 0 Å². The summed E-state index contributed by atoms with van der Waals surface area (Å²) < 4.78 is 5.12. The van der Waals surface area contributed by atoms with Crippen LogP contribution in [0.4, 0.5) is 0 Å². The van der Waals surface area contributed by atoms with Gasteiger partial charge >= 0.3 is 0 Å². The second-order valence-corrected chi connectivity index (χ2v) is 2.27. The standard InChI is InChI=1S/C4H3IN2O2/c5-4-7-2(1-9-4)3(6)8/h1H,(H2,6,8). The number of rotatable bonds is 1. The van der Waals surface area contributed by atoms with Gasteiger partial charge in [-0.25, -0.2) is 0 Å². The van der Waals surface area contributed by atoms with Crippen LogP contribution in [0.25, 0.3) is 0 Å². The van der Waals surface area contributed by atoms with Crippen LogP contribution < -0.4 is 5.73 Å². The Morgan fingerprint density at radius 3 is 2.78 bits per heavy atom. The summed E-state index contributed by atoms with van der Waals surface area (Å²) in [7, 11) is 0. The number of aromatic nitrogens is 1. The zero-order valence-electron chi connectivity index (χ0n) is 4.30. The largest absolute Gasteiger partial charge is 0.440 e. The first-order valence-electron chi connectivity index (χ1n) is 2.11. The van der Waals surface area contributed by atoms with Gasteiger partial charge in [0.2, 0.25) is 0 Å². The first-order chi connectivity index (χ1) is 4.20. The lowest BCUT2D eigenvalue weighted by molar-refractivity contribution is 0.0995. The number of oxazole rings is 1. The summed E-state index contributed by atoms with van der Waals surface area (Å²) in [6.07, 6.45) is 1.23. The van der Waals surface area contributed by atoms with Crippen molar-refractivity contribution in [1.29, 1.82) is 0 Å². The van der Waals surface area contributed by atoms with Crippen molar-refractivity contribution in [1.82, 2.24) is 4.98 Å². The molecular formula is C4H3IN2O2. The first-order valence-corrected chi connectivity index (χ1v) is 3.19. The minimum atomic E-state index is -0.568. The molecule has 0 spiro atoms. The van der Waals surface area contributed by atoms with Crippen molar-refractivity contribution in [2.75, 3.05) is 0 Å². The van der Waals surface area contributed by atoms with Crippen LogP contribution in [0.5, 0.6) is 0 Å². The minimum Gasteiger partial charge on any atom is -0.440 e. The van der Waals surface area contributed by atoms with Gasteiger partial charge < -0.3 is 10.2 Å². The fraction of sp³-hybridized carbons (Fsp3) is 0. The molecule has 0 aliphatic carbocycles. The molecule has 1 amide bonds. The highest BCUT2D eigenvalue weighted by Gasteiger charge is 2.04. The fourth-order valence-corrected chi connectivity index (χ4v) is 0.752. The molecule has 0 bridgehead atoms. The van der Waals surface area contributed by atoms with Crippen LogP contribution in [0.3, 0.4) is 0 Å². The van der Waals surface area contributed by atoms with E-state index in [1.165, 1.54) is 6.26 Å². The van der Waals surface area contributed by atoms with Crippen molar-refractivity contribution >= 4 is 28.5 Å². The Hall–Kier alpha value is -0.590. The summed E-state index contributed by atoms with van der Waals surface area (Å²) in [5.74, 6) is -0.568. The van der Waals surface area contributed by atoms with Crippen LogP contribution in [0.15, 0.2) is 10.7 Å². The van der Waals surface area contributed by atoms with Crippen molar-refractivity contribution in [2.24, 2.45) is 5.73 Å². The number of carbonyl (C=O) groups is 1. The average molecular weight is 238 g/mol. The molecule has 0 aliphatic heterocycles. The van der Waals surface area contributed by atoms with E-state index < -0.39 is 5.91 Å². The van der Waals surface area contributed by atoms with Gasteiger partial charge in [0.1, 0.15) is 6.26 Å². The molecule has 0 saturated carbocycles. The second-order valence-electron chi connectivity index (χ2n) is 1.35. The van der Waals surface area contributed by atoms with Gasteiger partial charge in [0, 0.05) is 22.6 Å². The van der Waals surface area contributed by atoms with E-state index in [2.05, 4.69) is 4.98 Å². The zero-order valence-corrected chi connectivity index (χ0v) is 6.45. The van der Waals surface area contributed by atoms with Crippen molar-refractivity contribution < 1.29 is 9.21 Å². The summed E-state index contributed by atoms with van der Waals surface area (Å²) in [5, 5.41) is 0. The number of hydrogen-bond donors (Lipinski definition) is 1. The predicted octanol–water partition coefficient (Wildman–Crippen LogP) is 0.378. The van der Waals surface area contributed by atoms with E-state index in [9.17, 15) is 4.79 Å². The Labute approximate surface area is 64.6 Å². The monoisotopic (exact) mass is 238 g/mol. The molecule has 5 heteroatoms. The van der Waals surface area contributed by atoms with E-state index in [0.29, 0.717) is 3.90 Å². The van der Waals surface area contributed by atoms with Crippen molar-refractivity contribution in [2.45, 2.75) is 0 Å². The van der Waals surface area contributed by atoms with Gasteiger partial charge in [0.25, 0.3) is 9.80 Å². The molecule has 0 aromatic carbocycles. The maximum absolute atomic E-state index is 10.3. The van der Waals surface area contributed by atoms with E-state index in [0.717, 1.165) is 0 Å². The third-order valence-corrected chi connectivity index (χ3v) is 1.22. The lowest BCUT2D eigenvalue weighted by Crippen LogP contribution is -2.10. The molecular weight excluding hydrogens is 235 g/mol. The second kappa shape index (κ2) is 2.34. The average Bonchev–Trinajstić information content (AvgIpc) is 2.14. The van der Waals surface area contributed by atoms with Crippen molar-refractivity contribution in [3.8, 4) is 0 Å².